The molecule has 0 saturated heterocycles. The minimum atomic E-state index is -0.376. The normalized spacial score (nSPS) is 11.4. The summed E-state index contributed by atoms with van der Waals surface area (Å²) in [5.74, 6) is 0.186. The molecule has 1 N–H and O–H groups in total. The number of amides is 1. The van der Waals surface area contributed by atoms with Crippen LogP contribution in [0, 0.1) is 0 Å². The van der Waals surface area contributed by atoms with Crippen LogP contribution in [0.4, 0.5) is 0 Å². The van der Waals surface area contributed by atoms with Crippen LogP contribution in [0.25, 0.3) is 16.3 Å². The van der Waals surface area contributed by atoms with Crippen LogP contribution in [-0.2, 0) is 6.54 Å². The number of hydrogen-bond acceptors (Lipinski definition) is 6. The minimum absolute atomic E-state index is 0.141. The summed E-state index contributed by atoms with van der Waals surface area (Å²) in [7, 11) is 3.68. The van der Waals surface area contributed by atoms with E-state index in [1.165, 1.54) is 16.9 Å². The third kappa shape index (κ3) is 5.93. The number of aromatic nitrogens is 4. The van der Waals surface area contributed by atoms with Crippen molar-refractivity contribution in [2.45, 2.75) is 26.3 Å². The molecule has 0 bridgehead atoms. The number of thiophene rings is 1. The van der Waals surface area contributed by atoms with E-state index in [1.807, 2.05) is 42.9 Å². The molecule has 1 aromatic carbocycles. The van der Waals surface area contributed by atoms with Crippen LogP contribution in [0.2, 0.25) is 0 Å². The van der Waals surface area contributed by atoms with Gasteiger partial charge in [0.25, 0.3) is 11.5 Å². The molecule has 8 nitrogen and oxygen atoms in total. The van der Waals surface area contributed by atoms with Gasteiger partial charge < -0.3 is 9.88 Å². The predicted molar refractivity (Wildman–Crippen MR) is 139 cm³/mol. The highest BCUT2D eigenvalue weighted by atomic mass is 32.1. The zero-order valence-corrected chi connectivity index (χ0v) is 21.2. The Balaban J connectivity index is 1.31. The molecule has 182 valence electrons. The smallest absolute Gasteiger partial charge is 0.261 e. The van der Waals surface area contributed by atoms with Crippen molar-refractivity contribution < 1.29 is 4.79 Å². The quantitative estimate of drug-likeness (QED) is 0.383. The Bertz CT molecular complexity index is 1320. The van der Waals surface area contributed by atoms with E-state index in [0.29, 0.717) is 31.2 Å². The van der Waals surface area contributed by atoms with Crippen molar-refractivity contribution in [3.63, 3.8) is 0 Å². The SMILES string of the molecule is CC(C)c1ccc(-n2cc(CN(C)CCN(C)C(=O)c3ccc(-c4cccs4)[nH]c3=O)nn2)cc1. The Kier molecular flexibility index (Phi) is 7.57. The average molecular weight is 491 g/mol. The first-order chi connectivity index (χ1) is 16.8. The topological polar surface area (TPSA) is 87.1 Å². The Morgan fingerprint density at radius 2 is 1.86 bits per heavy atom. The first-order valence-electron chi connectivity index (χ1n) is 11.5. The molecule has 3 heterocycles. The first-order valence-corrected chi connectivity index (χ1v) is 12.4. The second-order valence-electron chi connectivity index (χ2n) is 8.96. The highest BCUT2D eigenvalue weighted by molar-refractivity contribution is 7.13. The lowest BCUT2D eigenvalue weighted by molar-refractivity contribution is 0.0780. The van der Waals surface area contributed by atoms with E-state index in [4.69, 9.17) is 0 Å². The van der Waals surface area contributed by atoms with Crippen molar-refractivity contribution in [1.82, 2.24) is 29.8 Å². The predicted octanol–water partition coefficient (Wildman–Crippen LogP) is 4.01. The average Bonchev–Trinajstić information content (AvgIpc) is 3.55. The van der Waals surface area contributed by atoms with Gasteiger partial charge in [0.05, 0.1) is 28.1 Å². The molecule has 0 spiro atoms. The fourth-order valence-corrected chi connectivity index (χ4v) is 4.42. The summed E-state index contributed by atoms with van der Waals surface area (Å²) in [6.45, 7) is 6.05. The molecule has 4 aromatic rings. The lowest BCUT2D eigenvalue weighted by atomic mass is 10.0. The molecule has 0 aliphatic heterocycles. The van der Waals surface area contributed by atoms with Crippen molar-refractivity contribution in [2.24, 2.45) is 0 Å². The lowest BCUT2D eigenvalue weighted by Gasteiger charge is -2.21. The van der Waals surface area contributed by atoms with Gasteiger partial charge in [-0.25, -0.2) is 4.68 Å². The van der Waals surface area contributed by atoms with Crippen molar-refractivity contribution in [3.05, 3.63) is 87.3 Å². The minimum Gasteiger partial charge on any atom is -0.340 e. The van der Waals surface area contributed by atoms with E-state index < -0.39 is 0 Å². The van der Waals surface area contributed by atoms with E-state index in [1.54, 1.807) is 28.8 Å². The molecule has 35 heavy (non-hydrogen) atoms. The maximum Gasteiger partial charge on any atom is 0.261 e. The summed E-state index contributed by atoms with van der Waals surface area (Å²) < 4.78 is 1.77. The van der Waals surface area contributed by atoms with Gasteiger partial charge in [0.1, 0.15) is 5.56 Å². The lowest BCUT2D eigenvalue weighted by Crippen LogP contribution is -2.37. The number of carbonyl (C=O) groups excluding carboxylic acids is 1. The number of nitrogens with one attached hydrogen (secondary N) is 1. The molecule has 0 saturated carbocycles. The van der Waals surface area contributed by atoms with Crippen molar-refractivity contribution in [3.8, 4) is 16.3 Å². The Labute approximate surface area is 208 Å². The van der Waals surface area contributed by atoms with Crippen molar-refractivity contribution in [1.29, 1.82) is 0 Å². The molecule has 0 fully saturated rings. The van der Waals surface area contributed by atoms with Gasteiger partial charge in [0, 0.05) is 26.7 Å². The fraction of sp³-hybridized carbons (Fsp3) is 0.308. The monoisotopic (exact) mass is 490 g/mol. The summed E-state index contributed by atoms with van der Waals surface area (Å²) in [4.78, 5) is 32.7. The van der Waals surface area contributed by atoms with E-state index in [0.717, 1.165) is 16.3 Å². The summed E-state index contributed by atoms with van der Waals surface area (Å²) in [6.07, 6.45) is 1.92. The van der Waals surface area contributed by atoms with Gasteiger partial charge in [-0.1, -0.05) is 37.3 Å². The highest BCUT2D eigenvalue weighted by Crippen LogP contribution is 2.21. The van der Waals surface area contributed by atoms with Crippen LogP contribution in [-0.4, -0.2) is 62.9 Å². The zero-order valence-electron chi connectivity index (χ0n) is 20.4. The van der Waals surface area contributed by atoms with E-state index in [9.17, 15) is 9.59 Å². The van der Waals surface area contributed by atoms with Crippen LogP contribution < -0.4 is 5.56 Å². The molecule has 1 amide bonds. The van der Waals surface area contributed by atoms with Crippen molar-refractivity contribution in [2.75, 3.05) is 27.2 Å². The van der Waals surface area contributed by atoms with Gasteiger partial charge in [-0.2, -0.15) is 0 Å². The van der Waals surface area contributed by atoms with Crippen LogP contribution >= 0.6 is 11.3 Å². The molecule has 0 aliphatic rings. The molecule has 3 aromatic heterocycles. The summed E-state index contributed by atoms with van der Waals surface area (Å²) >= 11 is 1.54. The van der Waals surface area contributed by atoms with Crippen LogP contribution in [0.15, 0.2) is 64.9 Å². The number of nitrogens with zero attached hydrogens (tertiary/aromatic N) is 5. The molecule has 0 atom stereocenters. The van der Waals surface area contributed by atoms with Gasteiger partial charge in [0.2, 0.25) is 0 Å². The second kappa shape index (κ2) is 10.8. The van der Waals surface area contributed by atoms with Crippen LogP contribution in [0.1, 0.15) is 41.4 Å². The van der Waals surface area contributed by atoms with Gasteiger partial charge in [-0.05, 0) is 54.2 Å². The number of rotatable bonds is 9. The summed E-state index contributed by atoms with van der Waals surface area (Å²) in [5, 5.41) is 10.5. The molecular formula is C26H30N6O2S. The largest absolute Gasteiger partial charge is 0.340 e. The summed E-state index contributed by atoms with van der Waals surface area (Å²) in [5.41, 5.74) is 3.58. The van der Waals surface area contributed by atoms with Gasteiger partial charge in [-0.3, -0.25) is 14.5 Å². The van der Waals surface area contributed by atoms with Crippen molar-refractivity contribution >= 4 is 17.2 Å². The molecule has 0 aliphatic carbocycles. The number of benzene rings is 1. The van der Waals surface area contributed by atoms with Crippen LogP contribution in [0.5, 0.6) is 0 Å². The van der Waals surface area contributed by atoms with E-state index in [2.05, 4.69) is 46.2 Å². The number of carbonyl (C=O) groups is 1. The van der Waals surface area contributed by atoms with Crippen LogP contribution in [0.3, 0.4) is 0 Å². The molecule has 0 radical (unpaired) electrons. The Morgan fingerprint density at radius 3 is 2.51 bits per heavy atom. The van der Waals surface area contributed by atoms with Gasteiger partial charge in [-0.15, -0.1) is 16.4 Å². The van der Waals surface area contributed by atoms with Gasteiger partial charge >= 0.3 is 0 Å². The summed E-state index contributed by atoms with van der Waals surface area (Å²) in [6, 6.07) is 15.6. The number of likely N-dealkylation sites (N-methyl/N-ethyl adjacent to an activating group) is 2. The second-order valence-corrected chi connectivity index (χ2v) is 9.90. The highest BCUT2D eigenvalue weighted by Gasteiger charge is 2.17. The third-order valence-electron chi connectivity index (χ3n) is 5.89. The number of H-pyrrole nitrogens is 1. The number of hydrogen-bond donors (Lipinski definition) is 1. The third-order valence-corrected chi connectivity index (χ3v) is 6.79. The van der Waals surface area contributed by atoms with Gasteiger partial charge in [0.15, 0.2) is 0 Å². The zero-order chi connectivity index (χ0) is 24.9. The number of pyridine rings is 1. The standard InChI is InChI=1S/C26H30N6O2S/c1-18(2)19-7-9-21(10-8-19)32-17-20(28-29-32)16-30(3)13-14-31(4)26(34)22-11-12-23(27-25(22)33)24-6-5-15-35-24/h5-12,15,17-18H,13-14,16H2,1-4H3,(H,27,33). The molecule has 9 heteroatoms. The Morgan fingerprint density at radius 1 is 1.09 bits per heavy atom. The fourth-order valence-electron chi connectivity index (χ4n) is 3.71. The first kappa shape index (κ1) is 24.6. The number of aromatic amines is 1. The Hall–Kier alpha value is -3.56. The maximum atomic E-state index is 12.8. The van der Waals surface area contributed by atoms with E-state index >= 15 is 0 Å². The molecule has 4 rings (SSSR count). The maximum absolute atomic E-state index is 12.8. The molecular weight excluding hydrogens is 460 g/mol. The molecule has 0 unspecified atom stereocenters. The van der Waals surface area contributed by atoms with E-state index in [-0.39, 0.29) is 17.0 Å².